The van der Waals surface area contributed by atoms with Crippen LogP contribution in [-0.2, 0) is 9.53 Å². The molecule has 6 nitrogen and oxygen atoms in total. The molecule has 1 unspecified atom stereocenters. The molecule has 0 aromatic heterocycles. The first-order chi connectivity index (χ1) is 13.3. The summed E-state index contributed by atoms with van der Waals surface area (Å²) in [6.45, 7) is 8.94. The molecule has 0 saturated carbocycles. The molecule has 3 N–H and O–H groups in total. The summed E-state index contributed by atoms with van der Waals surface area (Å²) >= 11 is 0. The van der Waals surface area contributed by atoms with Crippen LogP contribution in [0.3, 0.4) is 0 Å². The van der Waals surface area contributed by atoms with Gasteiger partial charge in [-0.15, -0.1) is 0 Å². The second-order valence-corrected chi connectivity index (χ2v) is 7.01. The Morgan fingerprint density at radius 1 is 1.39 bits per heavy atom. The average Bonchev–Trinajstić information content (AvgIpc) is 2.62. The van der Waals surface area contributed by atoms with Crippen LogP contribution in [0.2, 0.25) is 6.32 Å². The van der Waals surface area contributed by atoms with E-state index in [9.17, 15) is 20.1 Å². The van der Waals surface area contributed by atoms with E-state index in [1.54, 1.807) is 6.08 Å². The lowest BCUT2D eigenvalue weighted by molar-refractivity contribution is -0.132. The van der Waals surface area contributed by atoms with Crippen molar-refractivity contribution >= 4 is 13.8 Å². The van der Waals surface area contributed by atoms with E-state index >= 15 is 0 Å². The van der Waals surface area contributed by atoms with E-state index in [0.29, 0.717) is 37.9 Å². The molecule has 1 fully saturated rings. The highest BCUT2D eigenvalue weighted by Gasteiger charge is 2.29. The van der Waals surface area contributed by atoms with Crippen LogP contribution in [0, 0.1) is 0 Å². The SMILES string of the molecule is BCC/C(C=C)=C(O)/C(=C/OC1CN(C(=C)CC2=CCC(O)C=C2)C1)C(=O)O. The van der Waals surface area contributed by atoms with Crippen LogP contribution in [0.25, 0.3) is 0 Å². The maximum absolute atomic E-state index is 11.5. The summed E-state index contributed by atoms with van der Waals surface area (Å²) in [7, 11) is 1.94. The Balaban J connectivity index is 1.89. The topological polar surface area (TPSA) is 90.2 Å². The van der Waals surface area contributed by atoms with Gasteiger partial charge in [0.1, 0.15) is 31.5 Å². The van der Waals surface area contributed by atoms with Crippen LogP contribution < -0.4 is 0 Å². The largest absolute Gasteiger partial charge is 0.507 e. The van der Waals surface area contributed by atoms with Crippen LogP contribution in [0.1, 0.15) is 19.3 Å². The zero-order valence-corrected chi connectivity index (χ0v) is 16.3. The molecule has 2 aliphatic rings. The number of rotatable bonds is 10. The van der Waals surface area contributed by atoms with Crippen molar-refractivity contribution in [2.45, 2.75) is 37.8 Å². The molecule has 0 aromatic rings. The predicted molar refractivity (Wildman–Crippen MR) is 112 cm³/mol. The fourth-order valence-electron chi connectivity index (χ4n) is 3.05. The summed E-state index contributed by atoms with van der Waals surface area (Å²) < 4.78 is 5.56. The minimum absolute atomic E-state index is 0.157. The maximum Gasteiger partial charge on any atom is 0.342 e. The Hall–Kier alpha value is -2.67. The maximum atomic E-state index is 11.5. The van der Waals surface area contributed by atoms with Crippen molar-refractivity contribution in [2.24, 2.45) is 0 Å². The Labute approximate surface area is 166 Å². The first kappa shape index (κ1) is 21.6. The summed E-state index contributed by atoms with van der Waals surface area (Å²) in [6, 6.07) is 0. The number of carboxylic acid groups (broad SMARTS) is 1. The van der Waals surface area contributed by atoms with Crippen molar-refractivity contribution in [3.8, 4) is 0 Å². The van der Waals surface area contributed by atoms with Gasteiger partial charge in [0, 0.05) is 12.1 Å². The zero-order chi connectivity index (χ0) is 20.7. The number of carboxylic acids is 1. The van der Waals surface area contributed by atoms with Gasteiger partial charge in [0.2, 0.25) is 0 Å². The number of likely N-dealkylation sites (tertiary alicyclic amines) is 1. The summed E-state index contributed by atoms with van der Waals surface area (Å²) in [5.41, 5.74) is 2.30. The molecule has 28 heavy (non-hydrogen) atoms. The van der Waals surface area contributed by atoms with Crippen molar-refractivity contribution < 1.29 is 24.9 Å². The molecule has 0 bridgehead atoms. The molecule has 150 valence electrons. The standard InChI is InChI=1S/C21H28BNO5/c1-3-16(8-9-22)20(25)19(21(26)27)13-28-18-11-23(12-18)14(2)10-15-4-6-17(24)7-5-15/h3-6,13,17-18,24-25H,1-2,7-12,22H2,(H,26,27)/b19-13-,20-16-. The highest BCUT2D eigenvalue weighted by molar-refractivity contribution is 6.08. The van der Waals surface area contributed by atoms with Crippen LogP contribution in [0.15, 0.2) is 71.9 Å². The van der Waals surface area contributed by atoms with Crippen LogP contribution >= 0.6 is 0 Å². The molecular formula is C21H28BNO5. The smallest absolute Gasteiger partial charge is 0.342 e. The van der Waals surface area contributed by atoms with E-state index in [0.717, 1.165) is 23.9 Å². The third-order valence-corrected chi connectivity index (χ3v) is 4.79. The van der Waals surface area contributed by atoms with E-state index in [2.05, 4.69) is 18.1 Å². The van der Waals surface area contributed by atoms with Gasteiger partial charge in [0.15, 0.2) is 0 Å². The number of hydrogen-bond acceptors (Lipinski definition) is 5. The number of aliphatic carboxylic acids is 1. The molecule has 1 aliphatic heterocycles. The van der Waals surface area contributed by atoms with Gasteiger partial charge in [0.05, 0.1) is 19.2 Å². The van der Waals surface area contributed by atoms with Gasteiger partial charge in [0.25, 0.3) is 0 Å². The molecule has 0 spiro atoms. The van der Waals surface area contributed by atoms with E-state index in [-0.39, 0.29) is 17.4 Å². The Kier molecular flexibility index (Phi) is 7.75. The molecule has 1 aliphatic carbocycles. The molecule has 0 amide bonds. The summed E-state index contributed by atoms with van der Waals surface area (Å²) in [4.78, 5) is 13.5. The molecule has 1 heterocycles. The fraction of sp³-hybridized carbons (Fsp3) is 0.381. The number of aliphatic hydroxyl groups excluding tert-OH is 2. The van der Waals surface area contributed by atoms with Gasteiger partial charge in [-0.1, -0.05) is 43.8 Å². The number of hydrogen-bond donors (Lipinski definition) is 3. The third kappa shape index (κ3) is 5.66. The van der Waals surface area contributed by atoms with Crippen LogP contribution in [0.4, 0.5) is 0 Å². The number of carbonyl (C=O) groups is 1. The number of aliphatic hydroxyl groups is 2. The lowest BCUT2D eigenvalue weighted by Gasteiger charge is -2.41. The predicted octanol–water partition coefficient (Wildman–Crippen LogP) is 2.25. The summed E-state index contributed by atoms with van der Waals surface area (Å²) in [6.07, 6.45) is 10.4. The molecule has 0 aromatic carbocycles. The molecular weight excluding hydrogens is 357 g/mol. The minimum atomic E-state index is -1.24. The quantitative estimate of drug-likeness (QED) is 0.231. The second-order valence-electron chi connectivity index (χ2n) is 7.01. The molecule has 2 rings (SSSR count). The van der Waals surface area contributed by atoms with Crippen molar-refractivity contribution in [2.75, 3.05) is 13.1 Å². The van der Waals surface area contributed by atoms with Crippen LogP contribution in [0.5, 0.6) is 0 Å². The normalized spacial score (nSPS) is 20.8. The van der Waals surface area contributed by atoms with Gasteiger partial charge in [-0.3, -0.25) is 0 Å². The summed E-state index contributed by atoms with van der Waals surface area (Å²) in [5.74, 6) is -1.55. The highest BCUT2D eigenvalue weighted by Crippen LogP contribution is 2.25. The van der Waals surface area contributed by atoms with Crippen molar-refractivity contribution in [1.29, 1.82) is 0 Å². The molecule has 1 saturated heterocycles. The van der Waals surface area contributed by atoms with E-state index in [1.165, 1.54) is 6.08 Å². The number of allylic oxidation sites excluding steroid dienone is 4. The average molecular weight is 385 g/mol. The minimum Gasteiger partial charge on any atom is -0.507 e. The van der Waals surface area contributed by atoms with Crippen LogP contribution in [-0.4, -0.2) is 59.3 Å². The summed E-state index contributed by atoms with van der Waals surface area (Å²) in [5, 5.41) is 29.1. The number of nitrogens with zero attached hydrogens (tertiary/aromatic N) is 1. The lowest BCUT2D eigenvalue weighted by Crippen LogP contribution is -2.50. The molecule has 0 radical (unpaired) electrons. The van der Waals surface area contributed by atoms with Gasteiger partial charge in [-0.2, -0.15) is 0 Å². The van der Waals surface area contributed by atoms with Gasteiger partial charge < -0.3 is 25.0 Å². The zero-order valence-electron chi connectivity index (χ0n) is 16.3. The Morgan fingerprint density at radius 3 is 2.64 bits per heavy atom. The van der Waals surface area contributed by atoms with Gasteiger partial charge >= 0.3 is 5.97 Å². The fourth-order valence-corrected chi connectivity index (χ4v) is 3.05. The highest BCUT2D eigenvalue weighted by atomic mass is 16.5. The number of ether oxygens (including phenoxy) is 1. The first-order valence-corrected chi connectivity index (χ1v) is 9.47. The van der Waals surface area contributed by atoms with E-state index in [4.69, 9.17) is 4.74 Å². The van der Waals surface area contributed by atoms with Crippen molar-refractivity contribution in [3.05, 3.63) is 71.9 Å². The lowest BCUT2D eigenvalue weighted by atomic mass is 9.95. The van der Waals surface area contributed by atoms with E-state index in [1.807, 2.05) is 20.0 Å². The Bertz CT molecular complexity index is 744. The van der Waals surface area contributed by atoms with Crippen molar-refractivity contribution in [1.82, 2.24) is 4.90 Å². The van der Waals surface area contributed by atoms with Crippen molar-refractivity contribution in [3.63, 3.8) is 0 Å². The van der Waals surface area contributed by atoms with E-state index < -0.39 is 12.1 Å². The van der Waals surface area contributed by atoms with Gasteiger partial charge in [-0.05, 0) is 24.0 Å². The third-order valence-electron chi connectivity index (χ3n) is 4.79. The monoisotopic (exact) mass is 385 g/mol. The molecule has 1 atom stereocenters. The molecule has 7 heteroatoms. The first-order valence-electron chi connectivity index (χ1n) is 9.47. The Morgan fingerprint density at radius 2 is 2.11 bits per heavy atom. The second kappa shape index (κ2) is 10.0. The van der Waals surface area contributed by atoms with Gasteiger partial charge in [-0.25, -0.2) is 4.79 Å².